The number of nitrogens with two attached hydrogens (primary N) is 1. The summed E-state index contributed by atoms with van der Waals surface area (Å²) in [5.41, 5.74) is 6.47. The molecule has 1 aromatic carbocycles. The summed E-state index contributed by atoms with van der Waals surface area (Å²) < 4.78 is 5.28. The van der Waals surface area contributed by atoms with Gasteiger partial charge < -0.3 is 10.2 Å². The molecule has 84 valence electrons. The van der Waals surface area contributed by atoms with Gasteiger partial charge in [0.05, 0.1) is 0 Å². The van der Waals surface area contributed by atoms with Crippen LogP contribution in [0, 0.1) is 0 Å². The highest BCUT2D eigenvalue weighted by Crippen LogP contribution is 2.26. The van der Waals surface area contributed by atoms with E-state index in [0.717, 1.165) is 6.42 Å². The maximum absolute atomic E-state index is 5.43. The Morgan fingerprint density at radius 2 is 1.88 bits per heavy atom. The third kappa shape index (κ3) is 2.21. The van der Waals surface area contributed by atoms with E-state index in [1.54, 1.807) is 0 Å². The number of nitrogen functional groups attached to an aromatic ring is 1. The Balaban J connectivity index is 2.20. The minimum atomic E-state index is -0.202. The Kier molecular flexibility index (Phi) is 2.64. The van der Waals surface area contributed by atoms with Gasteiger partial charge in [-0.15, -0.1) is 5.10 Å². The van der Waals surface area contributed by atoms with Gasteiger partial charge in [0.15, 0.2) is 0 Å². The monoisotopic (exact) mass is 217 g/mol. The van der Waals surface area contributed by atoms with E-state index in [2.05, 4.69) is 36.2 Å². The smallest absolute Gasteiger partial charge is 0.312 e. The number of benzene rings is 1. The molecule has 0 saturated heterocycles. The topological polar surface area (TPSA) is 64.9 Å². The third-order valence-electron chi connectivity index (χ3n) is 2.51. The summed E-state index contributed by atoms with van der Waals surface area (Å²) in [6.45, 7) is 4.12. The normalized spacial score (nSPS) is 11.6. The summed E-state index contributed by atoms with van der Waals surface area (Å²) in [5.74, 6) is 0.578. The van der Waals surface area contributed by atoms with E-state index in [0.29, 0.717) is 5.89 Å². The molecule has 0 aliphatic carbocycles. The number of aromatic nitrogens is 2. The van der Waals surface area contributed by atoms with Crippen LogP contribution in [0.2, 0.25) is 0 Å². The number of hydrogen-bond donors (Lipinski definition) is 1. The van der Waals surface area contributed by atoms with E-state index in [1.165, 1.54) is 5.56 Å². The Morgan fingerprint density at radius 1 is 1.19 bits per heavy atom. The molecule has 1 aromatic heterocycles. The fraction of sp³-hybridized carbons (Fsp3) is 0.333. The summed E-state index contributed by atoms with van der Waals surface area (Å²) in [6, 6.07) is 10.3. The zero-order valence-corrected chi connectivity index (χ0v) is 9.47. The van der Waals surface area contributed by atoms with Crippen molar-refractivity contribution in [3.8, 4) is 0 Å². The Bertz CT molecular complexity index is 462. The van der Waals surface area contributed by atoms with E-state index in [9.17, 15) is 0 Å². The molecule has 0 aliphatic rings. The van der Waals surface area contributed by atoms with Crippen LogP contribution < -0.4 is 5.73 Å². The van der Waals surface area contributed by atoms with Crippen LogP contribution in [-0.4, -0.2) is 10.2 Å². The van der Waals surface area contributed by atoms with E-state index >= 15 is 0 Å². The molecule has 0 unspecified atom stereocenters. The number of anilines is 1. The molecule has 0 aliphatic heterocycles. The molecule has 0 amide bonds. The van der Waals surface area contributed by atoms with E-state index in [-0.39, 0.29) is 11.4 Å². The first-order chi connectivity index (χ1) is 7.58. The van der Waals surface area contributed by atoms with Crippen LogP contribution in [-0.2, 0) is 11.8 Å². The average molecular weight is 217 g/mol. The first-order valence-electron chi connectivity index (χ1n) is 5.21. The van der Waals surface area contributed by atoms with Crippen LogP contribution in [0.25, 0.3) is 0 Å². The van der Waals surface area contributed by atoms with Crippen molar-refractivity contribution in [3.05, 3.63) is 41.8 Å². The lowest BCUT2D eigenvalue weighted by Gasteiger charge is -2.19. The van der Waals surface area contributed by atoms with Gasteiger partial charge in [-0.25, -0.2) is 0 Å². The lowest BCUT2D eigenvalue weighted by atomic mass is 9.86. The zero-order valence-electron chi connectivity index (χ0n) is 9.47. The number of hydrogen-bond acceptors (Lipinski definition) is 4. The van der Waals surface area contributed by atoms with Gasteiger partial charge >= 0.3 is 6.01 Å². The summed E-state index contributed by atoms with van der Waals surface area (Å²) in [7, 11) is 0. The van der Waals surface area contributed by atoms with Gasteiger partial charge in [0.1, 0.15) is 0 Å². The predicted molar refractivity (Wildman–Crippen MR) is 61.9 cm³/mol. The number of rotatable bonds is 3. The van der Waals surface area contributed by atoms with Crippen molar-refractivity contribution in [1.82, 2.24) is 10.2 Å². The van der Waals surface area contributed by atoms with Gasteiger partial charge in [0, 0.05) is 5.41 Å². The van der Waals surface area contributed by atoms with Gasteiger partial charge in [0.2, 0.25) is 5.89 Å². The fourth-order valence-electron chi connectivity index (χ4n) is 1.69. The molecule has 0 atom stereocenters. The van der Waals surface area contributed by atoms with Crippen molar-refractivity contribution in [2.24, 2.45) is 0 Å². The molecule has 16 heavy (non-hydrogen) atoms. The molecule has 2 N–H and O–H groups in total. The molecule has 2 aromatic rings. The van der Waals surface area contributed by atoms with E-state index < -0.39 is 0 Å². The lowest BCUT2D eigenvalue weighted by molar-refractivity contribution is 0.373. The van der Waals surface area contributed by atoms with E-state index in [1.807, 2.05) is 18.2 Å². The molecule has 2 rings (SSSR count). The van der Waals surface area contributed by atoms with Crippen molar-refractivity contribution >= 4 is 6.01 Å². The maximum Gasteiger partial charge on any atom is 0.312 e. The second kappa shape index (κ2) is 3.96. The highest BCUT2D eigenvalue weighted by atomic mass is 16.4. The Labute approximate surface area is 94.5 Å². The molecular weight excluding hydrogens is 202 g/mol. The average Bonchev–Trinajstić information content (AvgIpc) is 2.66. The summed E-state index contributed by atoms with van der Waals surface area (Å²) >= 11 is 0. The van der Waals surface area contributed by atoms with Crippen LogP contribution in [0.4, 0.5) is 6.01 Å². The molecule has 4 heteroatoms. The molecule has 0 fully saturated rings. The van der Waals surface area contributed by atoms with Gasteiger partial charge in [-0.1, -0.05) is 49.3 Å². The van der Waals surface area contributed by atoms with Crippen molar-refractivity contribution in [3.63, 3.8) is 0 Å². The predicted octanol–water partition coefficient (Wildman–Crippen LogP) is 2.17. The third-order valence-corrected chi connectivity index (χ3v) is 2.51. The summed E-state index contributed by atoms with van der Waals surface area (Å²) in [5, 5.41) is 7.63. The Morgan fingerprint density at radius 3 is 2.44 bits per heavy atom. The van der Waals surface area contributed by atoms with E-state index in [4.69, 9.17) is 10.2 Å². The summed E-state index contributed by atoms with van der Waals surface area (Å²) in [4.78, 5) is 0. The molecule has 0 bridgehead atoms. The summed E-state index contributed by atoms with van der Waals surface area (Å²) in [6.07, 6.45) is 0.843. The van der Waals surface area contributed by atoms with Crippen molar-refractivity contribution < 1.29 is 4.42 Å². The second-order valence-electron chi connectivity index (χ2n) is 4.49. The van der Waals surface area contributed by atoms with Crippen LogP contribution >= 0.6 is 0 Å². The molecule has 4 nitrogen and oxygen atoms in total. The molecular formula is C12H15N3O. The van der Waals surface area contributed by atoms with Gasteiger partial charge in [-0.3, -0.25) is 0 Å². The molecule has 0 saturated carbocycles. The standard InChI is InChI=1S/C12H15N3O/c1-12(2,10-14-15-11(13)16-10)8-9-6-4-3-5-7-9/h3-7H,8H2,1-2H3,(H2,13,15). The van der Waals surface area contributed by atoms with Crippen molar-refractivity contribution in [1.29, 1.82) is 0 Å². The van der Waals surface area contributed by atoms with Crippen LogP contribution in [0.3, 0.4) is 0 Å². The quantitative estimate of drug-likeness (QED) is 0.855. The fourth-order valence-corrected chi connectivity index (χ4v) is 1.69. The minimum Gasteiger partial charge on any atom is -0.408 e. The largest absolute Gasteiger partial charge is 0.408 e. The molecule has 0 radical (unpaired) electrons. The lowest BCUT2D eigenvalue weighted by Crippen LogP contribution is -2.21. The first-order valence-corrected chi connectivity index (χ1v) is 5.21. The highest BCUT2D eigenvalue weighted by Gasteiger charge is 2.27. The minimum absolute atomic E-state index is 0.121. The van der Waals surface area contributed by atoms with Gasteiger partial charge in [-0.05, 0) is 12.0 Å². The second-order valence-corrected chi connectivity index (χ2v) is 4.49. The Hall–Kier alpha value is -1.84. The first kappa shape index (κ1) is 10.7. The molecule has 0 spiro atoms. The SMILES string of the molecule is CC(C)(Cc1ccccc1)c1nnc(N)o1. The van der Waals surface area contributed by atoms with Crippen LogP contribution in [0.5, 0.6) is 0 Å². The maximum atomic E-state index is 5.43. The zero-order chi connectivity index (χ0) is 11.6. The van der Waals surface area contributed by atoms with Crippen molar-refractivity contribution in [2.45, 2.75) is 25.7 Å². The van der Waals surface area contributed by atoms with Crippen molar-refractivity contribution in [2.75, 3.05) is 5.73 Å². The molecule has 1 heterocycles. The van der Waals surface area contributed by atoms with Gasteiger partial charge in [0.25, 0.3) is 0 Å². The van der Waals surface area contributed by atoms with Gasteiger partial charge in [-0.2, -0.15) is 0 Å². The number of nitrogens with zero attached hydrogens (tertiary/aromatic N) is 2. The highest BCUT2D eigenvalue weighted by molar-refractivity contribution is 5.20. The van der Waals surface area contributed by atoms with Crippen LogP contribution in [0.1, 0.15) is 25.3 Å². The van der Waals surface area contributed by atoms with Crippen LogP contribution in [0.15, 0.2) is 34.7 Å².